The Morgan fingerprint density at radius 2 is 2.13 bits per heavy atom. The van der Waals surface area contributed by atoms with Crippen molar-refractivity contribution in [2.75, 3.05) is 5.73 Å². The number of hydrogen-bond donors (Lipinski definition) is 1. The number of nitrogens with two attached hydrogens (primary N) is 1. The van der Waals surface area contributed by atoms with Crippen LogP contribution in [0.2, 0.25) is 0 Å². The molecule has 4 heterocycles. The number of carbonyl (C=O) groups is 1. The van der Waals surface area contributed by atoms with Gasteiger partial charge in [-0.2, -0.15) is 5.10 Å². The van der Waals surface area contributed by atoms with Crippen LogP contribution in [0.1, 0.15) is 22.1 Å². The Balaban J connectivity index is 1.49. The average molecular weight is 427 g/mol. The summed E-state index contributed by atoms with van der Waals surface area (Å²) in [5.74, 6) is 0.273. The minimum Gasteiger partial charge on any atom is -0.383 e. The fourth-order valence-corrected chi connectivity index (χ4v) is 5.12. The Kier molecular flexibility index (Phi) is 3.81. The highest BCUT2D eigenvalue weighted by Gasteiger charge is 2.30. The molecule has 4 aromatic heterocycles. The van der Waals surface area contributed by atoms with Crippen molar-refractivity contribution >= 4 is 44.3 Å². The van der Waals surface area contributed by atoms with Gasteiger partial charge in [0, 0.05) is 23.9 Å². The molecule has 0 saturated heterocycles. The van der Waals surface area contributed by atoms with E-state index in [9.17, 15) is 4.79 Å². The Morgan fingerprint density at radius 1 is 1.23 bits per heavy atom. The number of nitrogen functional groups attached to an aromatic ring is 1. The second-order valence-electron chi connectivity index (χ2n) is 7.55. The zero-order chi connectivity index (χ0) is 21.1. The largest absolute Gasteiger partial charge is 0.383 e. The molecule has 2 N–H and O–H groups in total. The number of benzene rings is 1. The van der Waals surface area contributed by atoms with Gasteiger partial charge in [-0.15, -0.1) is 11.3 Å². The van der Waals surface area contributed by atoms with Gasteiger partial charge in [0.2, 0.25) is 0 Å². The van der Waals surface area contributed by atoms with Crippen LogP contribution in [0, 0.1) is 0 Å². The third-order valence-electron chi connectivity index (χ3n) is 5.85. The third kappa shape index (κ3) is 2.63. The normalized spacial score (nSPS) is 15.5. The number of allylic oxidation sites excluding steroid dienone is 1. The van der Waals surface area contributed by atoms with Crippen LogP contribution in [-0.2, 0) is 12.8 Å². The number of fused-ring (bicyclic) bond motifs is 3. The van der Waals surface area contributed by atoms with Crippen molar-refractivity contribution in [1.29, 1.82) is 0 Å². The Hall–Kier alpha value is -3.85. The predicted octanol–water partition coefficient (Wildman–Crippen LogP) is 3.65. The summed E-state index contributed by atoms with van der Waals surface area (Å²) in [5.41, 5.74) is 13.6. The van der Waals surface area contributed by atoms with E-state index in [0.29, 0.717) is 17.9 Å². The lowest BCUT2D eigenvalue weighted by atomic mass is 10.1. The molecule has 1 aliphatic rings. The lowest BCUT2D eigenvalue weighted by Crippen LogP contribution is -2.14. The lowest BCUT2D eigenvalue weighted by Gasteiger charge is -2.12. The SMILES string of the molecule is C=CC(=O)n1ccc2c1CC(n1nc(-c3ccc4ncsc4c3)c3c(N)ncnc31)C2. The van der Waals surface area contributed by atoms with Gasteiger partial charge in [0.05, 0.1) is 27.2 Å². The highest BCUT2D eigenvalue weighted by Crippen LogP contribution is 2.37. The summed E-state index contributed by atoms with van der Waals surface area (Å²) in [4.78, 5) is 25.3. The molecular weight excluding hydrogens is 410 g/mol. The van der Waals surface area contributed by atoms with Crippen LogP contribution in [0.25, 0.3) is 32.5 Å². The van der Waals surface area contributed by atoms with Gasteiger partial charge in [-0.05, 0) is 36.3 Å². The van der Waals surface area contributed by atoms with Crippen molar-refractivity contribution < 1.29 is 4.79 Å². The van der Waals surface area contributed by atoms with Crippen LogP contribution in [-0.4, -0.2) is 35.2 Å². The zero-order valence-corrected chi connectivity index (χ0v) is 17.2. The molecule has 0 spiro atoms. The molecule has 1 unspecified atom stereocenters. The first-order valence-electron chi connectivity index (χ1n) is 9.82. The molecule has 0 saturated carbocycles. The van der Waals surface area contributed by atoms with E-state index in [4.69, 9.17) is 10.8 Å². The van der Waals surface area contributed by atoms with E-state index >= 15 is 0 Å². The number of hydrogen-bond acceptors (Lipinski definition) is 7. The molecule has 5 aromatic rings. The smallest absolute Gasteiger partial charge is 0.254 e. The van der Waals surface area contributed by atoms with Crippen molar-refractivity contribution in [2.24, 2.45) is 0 Å². The van der Waals surface area contributed by atoms with E-state index in [2.05, 4.69) is 27.6 Å². The monoisotopic (exact) mass is 427 g/mol. The molecule has 0 aliphatic heterocycles. The first kappa shape index (κ1) is 18.0. The molecule has 6 rings (SSSR count). The highest BCUT2D eigenvalue weighted by molar-refractivity contribution is 7.16. The molecule has 31 heavy (non-hydrogen) atoms. The number of anilines is 1. The minimum absolute atomic E-state index is 0.0350. The Labute approximate surface area is 180 Å². The molecule has 1 aliphatic carbocycles. The van der Waals surface area contributed by atoms with E-state index in [1.807, 2.05) is 34.6 Å². The predicted molar refractivity (Wildman–Crippen MR) is 120 cm³/mol. The molecular formula is C22H17N7OS. The fraction of sp³-hybridized carbons (Fsp3) is 0.136. The molecule has 1 atom stereocenters. The first-order chi connectivity index (χ1) is 15.1. The summed E-state index contributed by atoms with van der Waals surface area (Å²) in [5, 5.41) is 5.70. The van der Waals surface area contributed by atoms with Crippen LogP contribution in [0.4, 0.5) is 5.82 Å². The van der Waals surface area contributed by atoms with Crippen molar-refractivity contribution in [1.82, 2.24) is 29.3 Å². The topological polar surface area (TPSA) is 105 Å². The maximum atomic E-state index is 12.2. The molecule has 1 aromatic carbocycles. The number of rotatable bonds is 3. The Morgan fingerprint density at radius 3 is 3.00 bits per heavy atom. The van der Waals surface area contributed by atoms with Gasteiger partial charge in [0.1, 0.15) is 17.8 Å². The zero-order valence-electron chi connectivity index (χ0n) is 16.4. The van der Waals surface area contributed by atoms with Crippen LogP contribution in [0.3, 0.4) is 0 Å². The number of nitrogens with zero attached hydrogens (tertiary/aromatic N) is 6. The van der Waals surface area contributed by atoms with E-state index in [1.54, 1.807) is 15.9 Å². The third-order valence-corrected chi connectivity index (χ3v) is 6.64. The quantitative estimate of drug-likeness (QED) is 0.441. The van der Waals surface area contributed by atoms with Crippen LogP contribution in [0.15, 0.2) is 55.0 Å². The van der Waals surface area contributed by atoms with Crippen molar-refractivity contribution in [3.63, 3.8) is 0 Å². The van der Waals surface area contributed by atoms with Gasteiger partial charge >= 0.3 is 0 Å². The minimum atomic E-state index is -0.127. The van der Waals surface area contributed by atoms with Gasteiger partial charge in [-0.3, -0.25) is 9.36 Å². The summed E-state index contributed by atoms with van der Waals surface area (Å²) in [6, 6.07) is 8.09. The first-order valence-corrected chi connectivity index (χ1v) is 10.7. The lowest BCUT2D eigenvalue weighted by molar-refractivity contribution is 0.0966. The van der Waals surface area contributed by atoms with Crippen LogP contribution in [0.5, 0.6) is 0 Å². The Bertz CT molecular complexity index is 1510. The van der Waals surface area contributed by atoms with E-state index in [1.165, 1.54) is 12.4 Å². The summed E-state index contributed by atoms with van der Waals surface area (Å²) < 4.78 is 4.68. The molecule has 0 fully saturated rings. The highest BCUT2D eigenvalue weighted by atomic mass is 32.1. The van der Waals surface area contributed by atoms with E-state index < -0.39 is 0 Å². The van der Waals surface area contributed by atoms with Crippen molar-refractivity contribution in [2.45, 2.75) is 18.9 Å². The van der Waals surface area contributed by atoms with E-state index in [0.717, 1.165) is 44.5 Å². The maximum absolute atomic E-state index is 12.2. The molecule has 0 radical (unpaired) electrons. The van der Waals surface area contributed by atoms with Crippen molar-refractivity contribution in [3.05, 3.63) is 66.2 Å². The molecule has 152 valence electrons. The van der Waals surface area contributed by atoms with Gasteiger partial charge in [0.15, 0.2) is 5.65 Å². The average Bonchev–Trinajstić information content (AvgIpc) is 3.54. The molecule has 8 nitrogen and oxygen atoms in total. The standard InChI is InChI=1S/C22H17N7OS/c1-2-18(30)28-6-5-12-7-14(9-16(12)28)29-22-19(21(23)24-10-25-22)20(27-29)13-3-4-15-17(8-13)31-11-26-15/h2-6,8,10-11,14H,1,7,9H2,(H2,23,24,25). The second-order valence-corrected chi connectivity index (χ2v) is 8.43. The second kappa shape index (κ2) is 6.58. The van der Waals surface area contributed by atoms with Gasteiger partial charge < -0.3 is 5.73 Å². The van der Waals surface area contributed by atoms with Crippen molar-refractivity contribution in [3.8, 4) is 11.3 Å². The molecule has 9 heteroatoms. The van der Waals surface area contributed by atoms with Crippen LogP contribution < -0.4 is 5.73 Å². The maximum Gasteiger partial charge on any atom is 0.254 e. The summed E-state index contributed by atoms with van der Waals surface area (Å²) in [6.45, 7) is 3.60. The van der Waals surface area contributed by atoms with Gasteiger partial charge in [-0.1, -0.05) is 12.6 Å². The number of carbonyl (C=O) groups excluding carboxylic acids is 1. The fourth-order valence-electron chi connectivity index (χ4n) is 4.40. The summed E-state index contributed by atoms with van der Waals surface area (Å²) >= 11 is 1.59. The number of aromatic nitrogens is 6. The molecule has 0 bridgehead atoms. The van der Waals surface area contributed by atoms with Crippen LogP contribution >= 0.6 is 11.3 Å². The number of thiazole rings is 1. The van der Waals surface area contributed by atoms with Gasteiger partial charge in [0.25, 0.3) is 5.91 Å². The van der Waals surface area contributed by atoms with E-state index in [-0.39, 0.29) is 11.9 Å². The molecule has 0 amide bonds. The summed E-state index contributed by atoms with van der Waals surface area (Å²) in [6.07, 6.45) is 6.05. The summed E-state index contributed by atoms with van der Waals surface area (Å²) in [7, 11) is 0. The van der Waals surface area contributed by atoms with Gasteiger partial charge in [-0.25, -0.2) is 19.6 Å².